The molecule has 0 radical (unpaired) electrons. The van der Waals surface area contributed by atoms with Crippen molar-refractivity contribution in [3.05, 3.63) is 104 Å². The number of H-pyrrole nitrogens is 1. The van der Waals surface area contributed by atoms with E-state index in [1.54, 1.807) is 32.2 Å². The van der Waals surface area contributed by atoms with Crippen LogP contribution in [0, 0.1) is 17.0 Å². The van der Waals surface area contributed by atoms with Crippen molar-refractivity contribution in [1.29, 1.82) is 0 Å². The van der Waals surface area contributed by atoms with E-state index in [-0.39, 0.29) is 17.0 Å². The molecule has 7 heteroatoms. The molecule has 146 valence electrons. The van der Waals surface area contributed by atoms with Crippen LogP contribution in [0.1, 0.15) is 28.3 Å². The van der Waals surface area contributed by atoms with Gasteiger partial charge in [-0.05, 0) is 29.3 Å². The minimum atomic E-state index is -0.591. The molecule has 3 aromatic carbocycles. The highest BCUT2D eigenvalue weighted by Gasteiger charge is 2.28. The Labute approximate surface area is 166 Å². The van der Waals surface area contributed by atoms with Gasteiger partial charge >= 0.3 is 0 Å². The molecule has 7 nitrogen and oxygen atoms in total. The number of nitro benzene ring substituents is 1. The van der Waals surface area contributed by atoms with E-state index in [1.807, 2.05) is 30.3 Å². The van der Waals surface area contributed by atoms with Crippen molar-refractivity contribution < 1.29 is 10.0 Å². The number of aryl methyl sites for hydroxylation is 2. The summed E-state index contributed by atoms with van der Waals surface area (Å²) in [6.45, 7) is 1.80. The molecule has 1 aromatic heterocycles. The number of hydrogen-bond acceptors (Lipinski definition) is 4. The summed E-state index contributed by atoms with van der Waals surface area (Å²) < 4.78 is 1.39. The number of hydrogen-bond donors (Lipinski definition) is 2. The van der Waals surface area contributed by atoms with Gasteiger partial charge in [-0.2, -0.15) is 0 Å². The lowest BCUT2D eigenvalue weighted by atomic mass is 9.82. The van der Waals surface area contributed by atoms with Gasteiger partial charge < -0.3 is 5.11 Å². The Balaban J connectivity index is 2.06. The third-order valence-electron chi connectivity index (χ3n) is 5.24. The number of nitro groups is 1. The van der Waals surface area contributed by atoms with Crippen LogP contribution in [-0.2, 0) is 7.05 Å². The van der Waals surface area contributed by atoms with Crippen molar-refractivity contribution in [3.63, 3.8) is 0 Å². The average Bonchev–Trinajstić information content (AvgIpc) is 2.96. The molecule has 29 heavy (non-hydrogen) atoms. The molecule has 1 heterocycles. The summed E-state index contributed by atoms with van der Waals surface area (Å²) in [5.41, 5.74) is 2.20. The van der Waals surface area contributed by atoms with Gasteiger partial charge in [-0.25, -0.2) is 0 Å². The summed E-state index contributed by atoms with van der Waals surface area (Å²) in [6.07, 6.45) is 0. The predicted molar refractivity (Wildman–Crippen MR) is 110 cm³/mol. The Morgan fingerprint density at radius 2 is 1.72 bits per heavy atom. The van der Waals surface area contributed by atoms with Crippen LogP contribution in [0.3, 0.4) is 0 Å². The summed E-state index contributed by atoms with van der Waals surface area (Å²) in [7, 11) is 1.63. The van der Waals surface area contributed by atoms with E-state index >= 15 is 0 Å². The van der Waals surface area contributed by atoms with Gasteiger partial charge in [0.15, 0.2) is 0 Å². The first-order valence-corrected chi connectivity index (χ1v) is 9.09. The smallest absolute Gasteiger partial charge is 0.270 e. The van der Waals surface area contributed by atoms with E-state index in [0.717, 1.165) is 10.8 Å². The van der Waals surface area contributed by atoms with Crippen LogP contribution in [0.4, 0.5) is 5.69 Å². The minimum Gasteiger partial charge on any atom is -0.508 e. The molecule has 4 aromatic rings. The normalized spacial score (nSPS) is 12.2. The molecule has 1 atom stereocenters. The maximum atomic E-state index is 12.9. The number of non-ortho nitro benzene ring substituents is 1. The fraction of sp³-hybridized carbons (Fsp3) is 0.136. The molecule has 0 bridgehead atoms. The molecule has 0 aliphatic carbocycles. The van der Waals surface area contributed by atoms with Gasteiger partial charge in [0.1, 0.15) is 5.75 Å². The lowest BCUT2D eigenvalue weighted by Crippen LogP contribution is -2.19. The Morgan fingerprint density at radius 1 is 1.03 bits per heavy atom. The fourth-order valence-electron chi connectivity index (χ4n) is 3.90. The highest BCUT2D eigenvalue weighted by Crippen LogP contribution is 2.41. The van der Waals surface area contributed by atoms with E-state index in [2.05, 4.69) is 5.10 Å². The maximum absolute atomic E-state index is 12.9. The second kappa shape index (κ2) is 6.94. The van der Waals surface area contributed by atoms with Crippen LogP contribution in [0.15, 0.2) is 65.5 Å². The number of nitrogens with one attached hydrogen (secondary N) is 1. The summed E-state index contributed by atoms with van der Waals surface area (Å²) in [5, 5.41) is 26.6. The van der Waals surface area contributed by atoms with Crippen LogP contribution < -0.4 is 5.56 Å². The molecule has 4 rings (SSSR count). The second-order valence-electron chi connectivity index (χ2n) is 7.02. The first-order valence-electron chi connectivity index (χ1n) is 9.09. The van der Waals surface area contributed by atoms with Crippen molar-refractivity contribution in [2.45, 2.75) is 12.8 Å². The van der Waals surface area contributed by atoms with E-state index in [9.17, 15) is 20.0 Å². The number of nitrogens with zero attached hydrogens (tertiary/aromatic N) is 2. The molecule has 1 unspecified atom stereocenters. The van der Waals surface area contributed by atoms with Crippen LogP contribution in [0.2, 0.25) is 0 Å². The first-order chi connectivity index (χ1) is 13.9. The lowest BCUT2D eigenvalue weighted by Gasteiger charge is -2.20. The Bertz CT molecular complexity index is 1290. The minimum absolute atomic E-state index is 0.0339. The topological polar surface area (TPSA) is 101 Å². The Morgan fingerprint density at radius 3 is 2.34 bits per heavy atom. The zero-order valence-electron chi connectivity index (χ0n) is 15.9. The van der Waals surface area contributed by atoms with Crippen molar-refractivity contribution in [2.75, 3.05) is 0 Å². The van der Waals surface area contributed by atoms with E-state index < -0.39 is 10.8 Å². The number of aromatic hydroxyl groups is 1. The van der Waals surface area contributed by atoms with Crippen molar-refractivity contribution in [3.8, 4) is 5.75 Å². The van der Waals surface area contributed by atoms with E-state index in [4.69, 9.17) is 0 Å². The number of aromatic nitrogens is 2. The molecule has 0 aliphatic heterocycles. The standard InChI is InChI=1S/C22H19N3O4/c1-13-19(22(27)24(2)23-13)20(15-7-10-16(11-8-15)25(28)29)21-17-6-4-3-5-14(17)9-12-18(21)26/h3-12,20,23,26H,1-2H3. The summed E-state index contributed by atoms with van der Waals surface area (Å²) in [5.74, 6) is -0.526. The van der Waals surface area contributed by atoms with E-state index in [1.165, 1.54) is 16.8 Å². The summed E-state index contributed by atoms with van der Waals surface area (Å²) in [4.78, 5) is 23.5. The van der Waals surface area contributed by atoms with Crippen molar-refractivity contribution in [1.82, 2.24) is 9.78 Å². The van der Waals surface area contributed by atoms with Gasteiger partial charge in [0.05, 0.1) is 10.5 Å². The number of benzene rings is 3. The molecular formula is C22H19N3O4. The summed E-state index contributed by atoms with van der Waals surface area (Å²) in [6, 6.07) is 17.2. The zero-order valence-corrected chi connectivity index (χ0v) is 15.9. The van der Waals surface area contributed by atoms with Crippen LogP contribution >= 0.6 is 0 Å². The number of rotatable bonds is 4. The van der Waals surface area contributed by atoms with Gasteiger partial charge in [0, 0.05) is 36.4 Å². The number of phenols is 1. The molecule has 0 amide bonds. The van der Waals surface area contributed by atoms with Crippen LogP contribution in [-0.4, -0.2) is 19.8 Å². The average molecular weight is 389 g/mol. The van der Waals surface area contributed by atoms with Crippen molar-refractivity contribution >= 4 is 16.5 Å². The second-order valence-corrected chi connectivity index (χ2v) is 7.02. The quantitative estimate of drug-likeness (QED) is 0.407. The SMILES string of the molecule is Cc1[nH]n(C)c(=O)c1C(c1ccc([N+](=O)[O-])cc1)c1c(O)ccc2ccccc12. The monoisotopic (exact) mass is 389 g/mol. The summed E-state index contributed by atoms with van der Waals surface area (Å²) >= 11 is 0. The highest BCUT2D eigenvalue weighted by atomic mass is 16.6. The van der Waals surface area contributed by atoms with Gasteiger partial charge in [0.25, 0.3) is 11.2 Å². The molecule has 0 saturated carbocycles. The number of phenolic OH excluding ortho intramolecular Hbond substituents is 1. The van der Waals surface area contributed by atoms with Gasteiger partial charge in [-0.15, -0.1) is 0 Å². The van der Waals surface area contributed by atoms with Gasteiger partial charge in [-0.1, -0.05) is 42.5 Å². The van der Waals surface area contributed by atoms with Gasteiger partial charge in [-0.3, -0.25) is 24.7 Å². The molecule has 0 fully saturated rings. The predicted octanol–water partition coefficient (Wildman–Crippen LogP) is 3.97. The highest BCUT2D eigenvalue weighted by molar-refractivity contribution is 5.89. The maximum Gasteiger partial charge on any atom is 0.270 e. The Kier molecular flexibility index (Phi) is 4.43. The van der Waals surface area contributed by atoms with Crippen molar-refractivity contribution in [2.24, 2.45) is 7.05 Å². The third-order valence-corrected chi connectivity index (χ3v) is 5.24. The third kappa shape index (κ3) is 3.06. The van der Waals surface area contributed by atoms with Crippen LogP contribution in [0.5, 0.6) is 5.75 Å². The molecule has 0 saturated heterocycles. The first kappa shape index (κ1) is 18.5. The number of aromatic amines is 1. The molecular weight excluding hydrogens is 370 g/mol. The van der Waals surface area contributed by atoms with E-state index in [0.29, 0.717) is 22.4 Å². The molecule has 0 spiro atoms. The van der Waals surface area contributed by atoms with Crippen LogP contribution in [0.25, 0.3) is 10.8 Å². The lowest BCUT2D eigenvalue weighted by molar-refractivity contribution is -0.384. The fourth-order valence-corrected chi connectivity index (χ4v) is 3.90. The van der Waals surface area contributed by atoms with Gasteiger partial charge in [0.2, 0.25) is 0 Å². The molecule has 0 aliphatic rings. The molecule has 2 N–H and O–H groups in total. The Hall–Kier alpha value is -3.87. The number of fused-ring (bicyclic) bond motifs is 1. The largest absolute Gasteiger partial charge is 0.508 e. The zero-order chi connectivity index (χ0) is 20.7.